The maximum absolute atomic E-state index is 12.6. The van der Waals surface area contributed by atoms with Crippen molar-refractivity contribution in [1.82, 2.24) is 24.0 Å². The summed E-state index contributed by atoms with van der Waals surface area (Å²) in [5, 5.41) is 0. The highest BCUT2D eigenvalue weighted by Gasteiger charge is 2.25. The maximum atomic E-state index is 12.6. The number of imidazole rings is 1. The summed E-state index contributed by atoms with van der Waals surface area (Å²) in [6, 6.07) is 9.59. The number of ether oxygens (including phenoxy) is 2. The van der Waals surface area contributed by atoms with Gasteiger partial charge in [-0.15, -0.1) is 0 Å². The number of fused-ring (bicyclic) bond motifs is 1. The van der Waals surface area contributed by atoms with E-state index in [1.54, 1.807) is 7.05 Å². The lowest BCUT2D eigenvalue weighted by Gasteiger charge is -2.34. The number of anilines is 1. The fraction of sp³-hybridized carbons (Fsp3) is 0.478. The van der Waals surface area contributed by atoms with E-state index in [2.05, 4.69) is 14.9 Å². The third-order valence-electron chi connectivity index (χ3n) is 5.90. The number of nitrogens with zero attached hydrogens (tertiary/aromatic N) is 5. The molecule has 0 atom stereocenters. The standard InChI is InChI=1S/C23H30N6O5/c1-3-33-14-13-29-19-20(26(2)23(32)25-21(19)31)24-22(29)28-11-9-27(10-12-28)15-18(30)34-16-17-7-5-4-6-8-17/h4-8H,3,9-16H2,1-2H3,(H,25,31,32). The highest BCUT2D eigenvalue weighted by molar-refractivity contribution is 5.74. The molecule has 1 fully saturated rings. The van der Waals surface area contributed by atoms with Crippen LogP contribution in [-0.4, -0.2) is 75.9 Å². The van der Waals surface area contributed by atoms with Crippen molar-refractivity contribution in [2.75, 3.05) is 50.8 Å². The molecule has 11 nitrogen and oxygen atoms in total. The van der Waals surface area contributed by atoms with Crippen molar-refractivity contribution in [3.8, 4) is 0 Å². The molecule has 3 aromatic rings. The minimum absolute atomic E-state index is 0.218. The van der Waals surface area contributed by atoms with E-state index in [4.69, 9.17) is 9.47 Å². The number of hydrogen-bond donors (Lipinski definition) is 1. The molecular formula is C23H30N6O5. The molecule has 0 radical (unpaired) electrons. The molecule has 182 valence electrons. The molecule has 3 heterocycles. The van der Waals surface area contributed by atoms with Gasteiger partial charge >= 0.3 is 11.7 Å². The van der Waals surface area contributed by atoms with E-state index in [1.165, 1.54) is 4.57 Å². The number of benzene rings is 1. The van der Waals surface area contributed by atoms with E-state index in [1.807, 2.05) is 46.7 Å². The van der Waals surface area contributed by atoms with E-state index in [0.29, 0.717) is 63.0 Å². The van der Waals surface area contributed by atoms with E-state index in [0.717, 1.165) is 5.56 Å². The number of aryl methyl sites for hydroxylation is 1. The van der Waals surface area contributed by atoms with Crippen molar-refractivity contribution in [3.63, 3.8) is 0 Å². The lowest BCUT2D eigenvalue weighted by Crippen LogP contribution is -2.49. The van der Waals surface area contributed by atoms with Gasteiger partial charge < -0.3 is 18.9 Å². The molecule has 1 N–H and O–H groups in total. The van der Waals surface area contributed by atoms with E-state index in [9.17, 15) is 14.4 Å². The van der Waals surface area contributed by atoms with Crippen molar-refractivity contribution < 1.29 is 14.3 Å². The van der Waals surface area contributed by atoms with Crippen LogP contribution < -0.4 is 16.1 Å². The van der Waals surface area contributed by atoms with Crippen LogP contribution in [0.2, 0.25) is 0 Å². The zero-order valence-corrected chi connectivity index (χ0v) is 19.5. The average molecular weight is 471 g/mol. The van der Waals surface area contributed by atoms with E-state index in [-0.39, 0.29) is 19.1 Å². The maximum Gasteiger partial charge on any atom is 0.329 e. The summed E-state index contributed by atoms with van der Waals surface area (Å²) >= 11 is 0. The van der Waals surface area contributed by atoms with Gasteiger partial charge in [0.2, 0.25) is 5.95 Å². The average Bonchev–Trinajstić information content (AvgIpc) is 3.23. The van der Waals surface area contributed by atoms with E-state index < -0.39 is 11.2 Å². The quantitative estimate of drug-likeness (QED) is 0.351. The predicted octanol–water partition coefficient (Wildman–Crippen LogP) is 0.325. The van der Waals surface area contributed by atoms with Crippen LogP contribution >= 0.6 is 0 Å². The van der Waals surface area contributed by atoms with Crippen LogP contribution in [0.15, 0.2) is 39.9 Å². The Labute approximate surface area is 196 Å². The Hall–Kier alpha value is -3.44. The summed E-state index contributed by atoms with van der Waals surface area (Å²) in [5.74, 6) is 0.357. The largest absolute Gasteiger partial charge is 0.460 e. The number of nitrogens with one attached hydrogen (secondary N) is 1. The van der Waals surface area contributed by atoms with Crippen LogP contribution in [0.4, 0.5) is 5.95 Å². The van der Waals surface area contributed by atoms with Crippen LogP contribution in [0.5, 0.6) is 0 Å². The number of hydrogen-bond acceptors (Lipinski definition) is 8. The summed E-state index contributed by atoms with van der Waals surface area (Å²) in [5.41, 5.74) is 0.678. The number of H-pyrrole nitrogens is 1. The van der Waals surface area contributed by atoms with Crippen molar-refractivity contribution in [2.24, 2.45) is 7.05 Å². The Morgan fingerprint density at radius 3 is 2.56 bits per heavy atom. The van der Waals surface area contributed by atoms with Crippen molar-refractivity contribution in [1.29, 1.82) is 0 Å². The minimum atomic E-state index is -0.502. The zero-order chi connectivity index (χ0) is 24.1. The van der Waals surface area contributed by atoms with Gasteiger partial charge in [0.25, 0.3) is 5.56 Å². The number of esters is 1. The molecule has 0 bridgehead atoms. The SMILES string of the molecule is CCOCCn1c(N2CCN(CC(=O)OCc3ccccc3)CC2)nc2c1c(=O)[nH]c(=O)n2C. The Kier molecular flexibility index (Phi) is 7.43. The first-order chi connectivity index (χ1) is 16.5. The van der Waals surface area contributed by atoms with Gasteiger partial charge in [-0.05, 0) is 12.5 Å². The van der Waals surface area contributed by atoms with Gasteiger partial charge in [-0.3, -0.25) is 24.0 Å². The van der Waals surface area contributed by atoms with Gasteiger partial charge in [-0.2, -0.15) is 4.98 Å². The van der Waals surface area contributed by atoms with Crippen molar-refractivity contribution in [3.05, 3.63) is 56.7 Å². The number of carbonyl (C=O) groups is 1. The Balaban J connectivity index is 1.44. The van der Waals surface area contributed by atoms with Crippen LogP contribution in [0.1, 0.15) is 12.5 Å². The van der Waals surface area contributed by atoms with Gasteiger partial charge in [-0.1, -0.05) is 30.3 Å². The molecule has 4 rings (SSSR count). The highest BCUT2D eigenvalue weighted by atomic mass is 16.5. The van der Waals surface area contributed by atoms with Gasteiger partial charge in [0.05, 0.1) is 13.2 Å². The Bertz CT molecular complexity index is 1240. The number of piperazine rings is 1. The second-order valence-electron chi connectivity index (χ2n) is 8.16. The van der Waals surface area contributed by atoms with Crippen molar-refractivity contribution in [2.45, 2.75) is 20.1 Å². The zero-order valence-electron chi connectivity index (χ0n) is 19.5. The molecule has 2 aromatic heterocycles. The van der Waals surface area contributed by atoms with Crippen LogP contribution in [0.3, 0.4) is 0 Å². The molecule has 1 aliphatic rings. The fourth-order valence-electron chi connectivity index (χ4n) is 4.05. The molecule has 11 heteroatoms. The molecule has 1 saturated heterocycles. The molecule has 1 aromatic carbocycles. The highest BCUT2D eigenvalue weighted by Crippen LogP contribution is 2.21. The minimum Gasteiger partial charge on any atom is -0.460 e. The van der Waals surface area contributed by atoms with Gasteiger partial charge in [0, 0.05) is 46.4 Å². The molecule has 1 aliphatic heterocycles. The monoisotopic (exact) mass is 470 g/mol. The Morgan fingerprint density at radius 1 is 1.12 bits per heavy atom. The summed E-state index contributed by atoms with van der Waals surface area (Å²) in [7, 11) is 1.59. The van der Waals surface area contributed by atoms with Crippen LogP contribution in [0, 0.1) is 0 Å². The fourth-order valence-corrected chi connectivity index (χ4v) is 4.05. The first-order valence-corrected chi connectivity index (χ1v) is 11.4. The predicted molar refractivity (Wildman–Crippen MR) is 127 cm³/mol. The summed E-state index contributed by atoms with van der Waals surface area (Å²) in [6.45, 7) is 6.34. The third-order valence-corrected chi connectivity index (χ3v) is 5.90. The first kappa shape index (κ1) is 23.7. The van der Waals surface area contributed by atoms with Crippen LogP contribution in [0.25, 0.3) is 11.2 Å². The molecule has 0 spiro atoms. The van der Waals surface area contributed by atoms with Gasteiger partial charge in [0.15, 0.2) is 11.2 Å². The third kappa shape index (κ3) is 5.20. The topological polar surface area (TPSA) is 115 Å². The lowest BCUT2D eigenvalue weighted by atomic mass is 10.2. The number of carbonyl (C=O) groups excluding carboxylic acids is 1. The van der Waals surface area contributed by atoms with Crippen molar-refractivity contribution >= 4 is 23.1 Å². The number of aromatic amines is 1. The summed E-state index contributed by atoms with van der Waals surface area (Å²) < 4.78 is 14.1. The number of rotatable bonds is 9. The molecular weight excluding hydrogens is 440 g/mol. The normalized spacial score (nSPS) is 14.6. The smallest absolute Gasteiger partial charge is 0.329 e. The summed E-state index contributed by atoms with van der Waals surface area (Å²) in [6.07, 6.45) is 0. The van der Waals surface area contributed by atoms with E-state index >= 15 is 0 Å². The Morgan fingerprint density at radius 2 is 1.85 bits per heavy atom. The van der Waals surface area contributed by atoms with Crippen LogP contribution in [-0.2, 0) is 34.5 Å². The number of aromatic nitrogens is 4. The second kappa shape index (κ2) is 10.7. The summed E-state index contributed by atoms with van der Waals surface area (Å²) in [4.78, 5) is 48.1. The van der Waals surface area contributed by atoms with Gasteiger partial charge in [0.1, 0.15) is 6.61 Å². The molecule has 0 aliphatic carbocycles. The van der Waals surface area contributed by atoms with Gasteiger partial charge in [-0.25, -0.2) is 4.79 Å². The lowest BCUT2D eigenvalue weighted by molar-refractivity contribution is -0.146. The molecule has 34 heavy (non-hydrogen) atoms. The molecule has 0 amide bonds. The molecule has 0 saturated carbocycles. The first-order valence-electron chi connectivity index (χ1n) is 11.4. The second-order valence-corrected chi connectivity index (χ2v) is 8.16. The molecule has 0 unspecified atom stereocenters.